The molecule has 1 amide bonds. The van der Waals surface area contributed by atoms with Gasteiger partial charge < -0.3 is 14.2 Å². The third-order valence-corrected chi connectivity index (χ3v) is 6.07. The van der Waals surface area contributed by atoms with E-state index in [1.54, 1.807) is 0 Å². The molecule has 0 aliphatic carbocycles. The summed E-state index contributed by atoms with van der Waals surface area (Å²) in [6, 6.07) is 17.0. The second-order valence-corrected chi connectivity index (χ2v) is 8.78. The van der Waals surface area contributed by atoms with E-state index in [1.165, 1.54) is 28.5 Å². The zero-order chi connectivity index (χ0) is 22.5. The van der Waals surface area contributed by atoms with Gasteiger partial charge in [-0.2, -0.15) is 0 Å². The van der Waals surface area contributed by atoms with Gasteiger partial charge in [-0.05, 0) is 37.6 Å². The molecule has 6 heteroatoms. The van der Waals surface area contributed by atoms with E-state index < -0.39 is 0 Å². The number of carbonyl (C=O) groups is 1. The summed E-state index contributed by atoms with van der Waals surface area (Å²) in [5.41, 5.74) is 5.45. The summed E-state index contributed by atoms with van der Waals surface area (Å²) in [5.74, 6) is 0.529. The summed E-state index contributed by atoms with van der Waals surface area (Å²) in [7, 11) is 2.08. The van der Waals surface area contributed by atoms with Crippen LogP contribution in [0.4, 0.5) is 0 Å². The number of hydrogen-bond acceptors (Lipinski definition) is 5. The molecule has 1 aliphatic heterocycles. The molecule has 0 bridgehead atoms. The minimum Gasteiger partial charge on any atom is -0.447 e. The molecule has 1 aliphatic rings. The number of oxazole rings is 1. The van der Waals surface area contributed by atoms with E-state index in [0.29, 0.717) is 18.1 Å². The quantitative estimate of drug-likeness (QED) is 0.567. The van der Waals surface area contributed by atoms with E-state index >= 15 is 0 Å². The second kappa shape index (κ2) is 10.1. The first kappa shape index (κ1) is 22.2. The van der Waals surface area contributed by atoms with Gasteiger partial charge >= 0.3 is 0 Å². The van der Waals surface area contributed by atoms with Gasteiger partial charge in [0.05, 0.1) is 6.54 Å². The highest BCUT2D eigenvalue weighted by Gasteiger charge is 2.23. The van der Waals surface area contributed by atoms with Crippen molar-refractivity contribution >= 4 is 5.91 Å². The third-order valence-electron chi connectivity index (χ3n) is 6.07. The summed E-state index contributed by atoms with van der Waals surface area (Å²) < 4.78 is 5.75. The number of amides is 1. The van der Waals surface area contributed by atoms with E-state index in [2.05, 4.69) is 78.1 Å². The maximum absolute atomic E-state index is 12.8. The van der Waals surface area contributed by atoms with Gasteiger partial charge in [0.25, 0.3) is 5.91 Å². The molecule has 1 aromatic heterocycles. The fourth-order valence-corrected chi connectivity index (χ4v) is 4.07. The van der Waals surface area contributed by atoms with E-state index in [0.717, 1.165) is 39.3 Å². The average Bonchev–Trinajstić information content (AvgIpc) is 3.25. The van der Waals surface area contributed by atoms with Crippen LogP contribution in [-0.2, 0) is 19.6 Å². The summed E-state index contributed by atoms with van der Waals surface area (Å²) in [6.07, 6.45) is 1.51. The first-order chi connectivity index (χ1) is 15.5. The highest BCUT2D eigenvalue weighted by Crippen LogP contribution is 2.18. The Morgan fingerprint density at radius 1 is 1.00 bits per heavy atom. The summed E-state index contributed by atoms with van der Waals surface area (Å²) >= 11 is 0. The number of carbonyl (C=O) groups excluding carboxylic acids is 1. The molecule has 0 unspecified atom stereocenters. The topological polar surface area (TPSA) is 52.8 Å². The normalized spacial score (nSPS) is 14.8. The lowest BCUT2D eigenvalue weighted by molar-refractivity contribution is 0.0658. The number of aryl methyl sites for hydroxylation is 2. The lowest BCUT2D eigenvalue weighted by atomic mass is 10.0. The minimum atomic E-state index is -0.0442. The van der Waals surface area contributed by atoms with Gasteiger partial charge in [-0.15, -0.1) is 0 Å². The van der Waals surface area contributed by atoms with Gasteiger partial charge in [0.2, 0.25) is 5.89 Å². The molecule has 2 aromatic carbocycles. The number of piperazine rings is 1. The van der Waals surface area contributed by atoms with Crippen LogP contribution in [0.3, 0.4) is 0 Å². The van der Waals surface area contributed by atoms with Gasteiger partial charge in [-0.3, -0.25) is 9.69 Å². The van der Waals surface area contributed by atoms with Gasteiger partial charge in [0.1, 0.15) is 6.26 Å². The monoisotopic (exact) mass is 432 g/mol. The molecular formula is C26H32N4O2. The molecule has 32 heavy (non-hydrogen) atoms. The minimum absolute atomic E-state index is 0.0442. The Bertz CT molecular complexity index is 1040. The molecule has 168 valence electrons. The first-order valence-electron chi connectivity index (χ1n) is 11.2. The Morgan fingerprint density at radius 3 is 2.50 bits per heavy atom. The Morgan fingerprint density at radius 2 is 1.75 bits per heavy atom. The molecule has 0 spiro atoms. The van der Waals surface area contributed by atoms with Gasteiger partial charge in [-0.25, -0.2) is 4.98 Å². The number of benzene rings is 2. The smallest absolute Gasteiger partial charge is 0.275 e. The molecule has 0 atom stereocenters. The fourth-order valence-electron chi connectivity index (χ4n) is 4.07. The lowest BCUT2D eigenvalue weighted by Crippen LogP contribution is -2.47. The maximum Gasteiger partial charge on any atom is 0.275 e. The Kier molecular flexibility index (Phi) is 7.02. The van der Waals surface area contributed by atoms with Crippen molar-refractivity contribution in [2.24, 2.45) is 0 Å². The predicted octanol–water partition coefficient (Wildman–Crippen LogP) is 3.88. The first-order valence-corrected chi connectivity index (χ1v) is 11.2. The lowest BCUT2D eigenvalue weighted by Gasteiger charge is -2.31. The number of nitrogens with zero attached hydrogens (tertiary/aromatic N) is 4. The summed E-state index contributed by atoms with van der Waals surface area (Å²) in [6.45, 7) is 9.59. The number of rotatable bonds is 7. The zero-order valence-corrected chi connectivity index (χ0v) is 19.3. The molecule has 3 aromatic rings. The van der Waals surface area contributed by atoms with Crippen LogP contribution < -0.4 is 0 Å². The SMILES string of the molecule is Cc1ccc(C)c(CN(Cc2ccccc2)Cc2nc(C(=O)N3CCN(C)CC3)co2)c1. The number of aromatic nitrogens is 1. The largest absolute Gasteiger partial charge is 0.447 e. The van der Waals surface area contributed by atoms with Gasteiger partial charge in [-0.1, -0.05) is 54.1 Å². The number of likely N-dealkylation sites (N-methyl/N-ethyl adjacent to an activating group) is 1. The van der Waals surface area contributed by atoms with Crippen LogP contribution in [0.25, 0.3) is 0 Å². The maximum atomic E-state index is 12.8. The molecule has 0 radical (unpaired) electrons. The zero-order valence-electron chi connectivity index (χ0n) is 19.3. The van der Waals surface area contributed by atoms with E-state index in [1.807, 2.05) is 11.0 Å². The van der Waals surface area contributed by atoms with E-state index in [9.17, 15) is 4.79 Å². The van der Waals surface area contributed by atoms with Crippen molar-refractivity contribution in [2.75, 3.05) is 33.2 Å². The highest BCUT2D eigenvalue weighted by molar-refractivity contribution is 5.92. The molecular weight excluding hydrogens is 400 g/mol. The van der Waals surface area contributed by atoms with Crippen molar-refractivity contribution in [1.29, 1.82) is 0 Å². The van der Waals surface area contributed by atoms with Crippen molar-refractivity contribution in [3.05, 3.63) is 88.6 Å². The molecule has 6 nitrogen and oxygen atoms in total. The van der Waals surface area contributed by atoms with Crippen LogP contribution in [0, 0.1) is 13.8 Å². The standard InChI is InChI=1S/C26H32N4O2/c1-20-9-10-21(2)23(15-20)17-29(16-22-7-5-4-6-8-22)18-25-27-24(19-32-25)26(31)30-13-11-28(3)12-14-30/h4-10,15,19H,11-14,16-18H2,1-3H3. The van der Waals surface area contributed by atoms with Crippen LogP contribution in [-0.4, -0.2) is 58.8 Å². The summed E-state index contributed by atoms with van der Waals surface area (Å²) in [5, 5.41) is 0. The average molecular weight is 433 g/mol. The van der Waals surface area contributed by atoms with Crippen LogP contribution in [0.15, 0.2) is 59.2 Å². The molecule has 1 saturated heterocycles. The predicted molar refractivity (Wildman–Crippen MR) is 125 cm³/mol. The van der Waals surface area contributed by atoms with Gasteiger partial charge in [0.15, 0.2) is 5.69 Å². The van der Waals surface area contributed by atoms with Crippen molar-refractivity contribution in [3.63, 3.8) is 0 Å². The van der Waals surface area contributed by atoms with Crippen molar-refractivity contribution in [1.82, 2.24) is 19.7 Å². The van der Waals surface area contributed by atoms with Crippen LogP contribution in [0.1, 0.15) is 38.6 Å². The molecule has 2 heterocycles. The van der Waals surface area contributed by atoms with Crippen molar-refractivity contribution in [3.8, 4) is 0 Å². The fraction of sp³-hybridized carbons (Fsp3) is 0.385. The highest BCUT2D eigenvalue weighted by atomic mass is 16.3. The van der Waals surface area contributed by atoms with E-state index in [-0.39, 0.29) is 5.91 Å². The van der Waals surface area contributed by atoms with E-state index in [4.69, 9.17) is 4.42 Å². The molecule has 1 fully saturated rings. The Balaban J connectivity index is 1.49. The third kappa shape index (κ3) is 5.64. The number of hydrogen-bond donors (Lipinski definition) is 0. The van der Waals surface area contributed by atoms with Crippen LogP contribution in [0.5, 0.6) is 0 Å². The molecule has 0 N–H and O–H groups in total. The molecule has 4 rings (SSSR count). The van der Waals surface area contributed by atoms with Gasteiger partial charge in [0, 0.05) is 39.3 Å². The Hall–Kier alpha value is -2.96. The van der Waals surface area contributed by atoms with Crippen molar-refractivity contribution in [2.45, 2.75) is 33.5 Å². The van der Waals surface area contributed by atoms with Crippen molar-refractivity contribution < 1.29 is 9.21 Å². The summed E-state index contributed by atoms with van der Waals surface area (Å²) in [4.78, 5) is 23.8. The molecule has 0 saturated carbocycles. The Labute approximate surface area is 190 Å². The second-order valence-electron chi connectivity index (χ2n) is 8.78. The van der Waals surface area contributed by atoms with Crippen LogP contribution >= 0.6 is 0 Å². The van der Waals surface area contributed by atoms with Crippen LogP contribution in [0.2, 0.25) is 0 Å².